The predicted octanol–water partition coefficient (Wildman–Crippen LogP) is 12.6. The van der Waals surface area contributed by atoms with E-state index in [-0.39, 0.29) is 48.2 Å². The van der Waals surface area contributed by atoms with E-state index in [9.17, 15) is 14.4 Å². The smallest absolute Gasteiger partial charge is 0.319 e. The van der Waals surface area contributed by atoms with Crippen LogP contribution in [0, 0.1) is 0 Å². The van der Waals surface area contributed by atoms with Crippen molar-refractivity contribution in [2.45, 2.75) is 126 Å². The van der Waals surface area contributed by atoms with Gasteiger partial charge >= 0.3 is 6.03 Å². The Bertz CT molecular complexity index is 2910. The van der Waals surface area contributed by atoms with E-state index in [1.807, 2.05) is 133 Å². The number of urea groups is 1. The molecule has 15 nitrogen and oxygen atoms in total. The number of hydrogen-bond acceptors (Lipinski definition) is 12. The van der Waals surface area contributed by atoms with Crippen molar-refractivity contribution in [2.75, 3.05) is 61.1 Å². The lowest BCUT2D eigenvalue weighted by Crippen LogP contribution is -2.53. The molecule has 4 amide bonds. The van der Waals surface area contributed by atoms with Crippen molar-refractivity contribution in [2.24, 2.45) is 0 Å². The highest BCUT2D eigenvalue weighted by Crippen LogP contribution is 2.50. The molecule has 0 saturated carbocycles. The molecule has 2 fully saturated rings. The Morgan fingerprint density at radius 2 is 1.09 bits per heavy atom. The fourth-order valence-corrected chi connectivity index (χ4v) is 15.1. The molecule has 0 aliphatic carbocycles. The number of ether oxygens (including phenoxy) is 5. The number of amides is 4. The minimum Gasteiger partial charge on any atom is -0.497 e. The summed E-state index contributed by atoms with van der Waals surface area (Å²) >= 11 is 1.86. The van der Waals surface area contributed by atoms with Crippen LogP contribution in [-0.2, 0) is 34.5 Å². The molecule has 8 rings (SSSR count). The monoisotopic (exact) mass is 1200 g/mol. The maximum atomic E-state index is 14.8. The maximum absolute atomic E-state index is 14.8. The van der Waals surface area contributed by atoms with Crippen LogP contribution in [0.5, 0.6) is 23.0 Å². The van der Waals surface area contributed by atoms with Gasteiger partial charge in [-0.2, -0.15) is 11.8 Å². The van der Waals surface area contributed by atoms with Crippen LogP contribution in [0.4, 0.5) is 4.79 Å². The average Bonchev–Trinajstić information content (AvgIpc) is 1.81. The zero-order valence-electron chi connectivity index (χ0n) is 50.8. The molecule has 2 saturated heterocycles. The lowest BCUT2D eigenvalue weighted by atomic mass is 9.74. The Morgan fingerprint density at radius 3 is 1.59 bits per heavy atom. The number of fused-ring (bicyclic) bond motifs is 1. The standard InChI is InChI=1S/C68H86N5O10PS/c1-48(2)73(49(3)4)84(81-9)83-45-21-11-10-20-44-69-65(75)60(46-82-68(53-24-16-13-17-25-53,54-32-40-58(79-7)41-33-54)55-34-42-59(80-8)43-35-55)70-63(74)27-19-18-26-62-64-61(47-85-62)72(66(76)71-64)67(50-22-14-12-15-23-50,51-28-36-56(77-5)37-29-51)52-30-38-57(78-6)39-31-52/h12-17,22-25,28-43,48-49,60-62,64H,10-11,18-21,26-27,44-47H2,1-9H3,(H,69,75)(H,70,74)(H,71,76). The van der Waals surface area contributed by atoms with Crippen LogP contribution in [0.25, 0.3) is 0 Å². The van der Waals surface area contributed by atoms with Crippen molar-refractivity contribution in [3.05, 3.63) is 191 Å². The van der Waals surface area contributed by atoms with Crippen LogP contribution in [0.2, 0.25) is 0 Å². The van der Waals surface area contributed by atoms with Gasteiger partial charge in [-0.15, -0.1) is 0 Å². The number of carbonyl (C=O) groups is 3. The third kappa shape index (κ3) is 15.1. The first kappa shape index (κ1) is 64.4. The van der Waals surface area contributed by atoms with Crippen LogP contribution in [0.3, 0.4) is 0 Å². The second-order valence-corrected chi connectivity index (χ2v) is 24.9. The van der Waals surface area contributed by atoms with E-state index in [4.69, 9.17) is 32.7 Å². The van der Waals surface area contributed by atoms with Crippen LogP contribution < -0.4 is 34.9 Å². The third-order valence-electron chi connectivity index (χ3n) is 16.1. The largest absolute Gasteiger partial charge is 0.497 e. The van der Waals surface area contributed by atoms with Gasteiger partial charge in [0.15, 0.2) is 0 Å². The van der Waals surface area contributed by atoms with Gasteiger partial charge < -0.3 is 53.6 Å². The van der Waals surface area contributed by atoms with Gasteiger partial charge in [-0.3, -0.25) is 9.59 Å². The number of nitrogens with one attached hydrogen (secondary N) is 3. The zero-order valence-corrected chi connectivity index (χ0v) is 52.5. The molecule has 2 aliphatic rings. The van der Waals surface area contributed by atoms with Crippen LogP contribution >= 0.6 is 20.3 Å². The number of hydrogen-bond donors (Lipinski definition) is 3. The molecule has 6 aromatic carbocycles. The van der Waals surface area contributed by atoms with Crippen molar-refractivity contribution in [1.82, 2.24) is 25.5 Å². The highest BCUT2D eigenvalue weighted by atomic mass is 32.2. The van der Waals surface area contributed by atoms with Gasteiger partial charge in [0.2, 0.25) is 11.8 Å². The zero-order chi connectivity index (χ0) is 60.3. The lowest BCUT2D eigenvalue weighted by molar-refractivity contribution is -0.132. The van der Waals surface area contributed by atoms with Crippen LogP contribution in [-0.4, -0.2) is 124 Å². The molecule has 0 aromatic heterocycles. The SMILES string of the molecule is COc1ccc(C(OCC(NC(=O)CCCCC2SCC3C2NC(=O)N3C(c2ccccc2)(c2ccc(OC)cc2)c2ccc(OC)cc2)C(=O)NCCCCCCOP(OC)N(C(C)C)C(C)C)(c2ccccc2)c2ccc(OC)cc2)cc1. The molecule has 0 spiro atoms. The fraction of sp³-hybridized carbons (Fsp3) is 0.426. The first-order valence-corrected chi connectivity index (χ1v) is 31.9. The molecule has 2 aliphatic heterocycles. The van der Waals surface area contributed by atoms with Crippen LogP contribution in [0.1, 0.15) is 112 Å². The van der Waals surface area contributed by atoms with Gasteiger partial charge in [-0.05, 0) is 135 Å². The molecule has 0 bridgehead atoms. The number of carbonyl (C=O) groups excluding carboxylic acids is 3. The highest BCUT2D eigenvalue weighted by molar-refractivity contribution is 8.00. The van der Waals surface area contributed by atoms with Gasteiger partial charge in [-0.1, -0.05) is 128 Å². The second kappa shape index (κ2) is 31.1. The number of benzene rings is 6. The topological polar surface area (TPSA) is 158 Å². The van der Waals surface area contributed by atoms with Gasteiger partial charge in [0, 0.05) is 43.2 Å². The number of unbranched alkanes of at least 4 members (excludes halogenated alkanes) is 4. The number of rotatable bonds is 33. The van der Waals surface area contributed by atoms with Gasteiger partial charge in [-0.25, -0.2) is 9.46 Å². The van der Waals surface area contributed by atoms with Gasteiger partial charge in [0.1, 0.15) is 40.2 Å². The number of thioether (sulfide) groups is 1. The van der Waals surface area contributed by atoms with E-state index in [1.54, 1.807) is 35.5 Å². The van der Waals surface area contributed by atoms with E-state index in [2.05, 4.69) is 89.6 Å². The Hall–Kier alpha value is -6.65. The minimum atomic E-state index is -1.22. The normalized spacial score (nSPS) is 16.7. The summed E-state index contributed by atoms with van der Waals surface area (Å²) in [4.78, 5) is 45.7. The summed E-state index contributed by atoms with van der Waals surface area (Å²) in [6.45, 7) is 9.47. The molecule has 17 heteroatoms. The van der Waals surface area contributed by atoms with Crippen molar-refractivity contribution >= 4 is 38.1 Å². The van der Waals surface area contributed by atoms with Gasteiger partial charge in [0.25, 0.3) is 8.53 Å². The van der Waals surface area contributed by atoms with E-state index in [1.165, 1.54) is 0 Å². The van der Waals surface area contributed by atoms with E-state index < -0.39 is 25.7 Å². The van der Waals surface area contributed by atoms with E-state index in [0.29, 0.717) is 43.2 Å². The molecular formula is C68H86N5O10PS. The fourth-order valence-electron chi connectivity index (χ4n) is 12.0. The van der Waals surface area contributed by atoms with Crippen molar-refractivity contribution in [3.63, 3.8) is 0 Å². The summed E-state index contributed by atoms with van der Waals surface area (Å²) in [7, 11) is 7.10. The molecule has 3 N–H and O–H groups in total. The highest BCUT2D eigenvalue weighted by Gasteiger charge is 2.57. The Labute approximate surface area is 509 Å². The molecule has 454 valence electrons. The summed E-state index contributed by atoms with van der Waals surface area (Å²) in [5.41, 5.74) is 3.04. The average molecular weight is 1200 g/mol. The minimum absolute atomic E-state index is 0.104. The van der Waals surface area contributed by atoms with E-state index >= 15 is 0 Å². The quantitative estimate of drug-likeness (QED) is 0.0155. The second-order valence-electron chi connectivity index (χ2n) is 22.0. The Morgan fingerprint density at radius 1 is 0.624 bits per heavy atom. The first-order chi connectivity index (χ1) is 41.3. The summed E-state index contributed by atoms with van der Waals surface area (Å²) in [6, 6.07) is 50.7. The summed E-state index contributed by atoms with van der Waals surface area (Å²) < 4.78 is 43.8. The molecule has 85 heavy (non-hydrogen) atoms. The maximum Gasteiger partial charge on any atom is 0.319 e. The lowest BCUT2D eigenvalue weighted by Gasteiger charge is -2.45. The molecule has 5 atom stereocenters. The summed E-state index contributed by atoms with van der Waals surface area (Å²) in [5.74, 6) is 2.95. The Kier molecular flexibility index (Phi) is 23.6. The molecular weight excluding hydrogens is 1110 g/mol. The Balaban J connectivity index is 0.968. The van der Waals surface area contributed by atoms with Crippen molar-refractivity contribution < 1.29 is 47.1 Å². The molecule has 5 unspecified atom stereocenters. The van der Waals surface area contributed by atoms with Crippen molar-refractivity contribution in [1.29, 1.82) is 0 Å². The first-order valence-electron chi connectivity index (χ1n) is 29.7. The third-order valence-corrected chi connectivity index (χ3v) is 19.6. The number of nitrogens with zero attached hydrogens (tertiary/aromatic N) is 2. The predicted molar refractivity (Wildman–Crippen MR) is 339 cm³/mol. The van der Waals surface area contributed by atoms with Crippen LogP contribution in [0.15, 0.2) is 158 Å². The molecule has 0 radical (unpaired) electrons. The van der Waals surface area contributed by atoms with Crippen molar-refractivity contribution in [3.8, 4) is 23.0 Å². The molecule has 6 aromatic rings. The number of methoxy groups -OCH3 is 4. The summed E-state index contributed by atoms with van der Waals surface area (Å²) in [5, 5.41) is 9.80. The van der Waals surface area contributed by atoms with Gasteiger partial charge in [0.05, 0.1) is 53.7 Å². The molecule has 2 heterocycles. The van der Waals surface area contributed by atoms with E-state index in [0.717, 1.165) is 89.2 Å². The summed E-state index contributed by atoms with van der Waals surface area (Å²) in [6.07, 6.45) is 5.70.